The van der Waals surface area contributed by atoms with E-state index in [2.05, 4.69) is 0 Å². The monoisotopic (exact) mass is 426 g/mol. The Bertz CT molecular complexity index is 1220. The van der Waals surface area contributed by atoms with E-state index in [4.69, 9.17) is 0 Å². The van der Waals surface area contributed by atoms with E-state index in [9.17, 15) is 19.2 Å². The molecular weight excluding hydrogens is 400 g/mol. The third-order valence-corrected chi connectivity index (χ3v) is 5.65. The lowest BCUT2D eigenvalue weighted by atomic mass is 9.82. The number of hydrogen-bond donors (Lipinski definition) is 0. The second-order valence-electron chi connectivity index (χ2n) is 8.03. The summed E-state index contributed by atoms with van der Waals surface area (Å²) < 4.78 is 0. The SMILES string of the molecule is CCc1ccccc1C(=O)c1ccc(C=O)c(C(C)C)c1C(=O)c1ccccc1C(C)=O. The Morgan fingerprint density at radius 1 is 0.781 bits per heavy atom. The first-order chi connectivity index (χ1) is 15.3. The molecule has 0 aliphatic rings. The maximum Gasteiger partial charge on any atom is 0.194 e. The van der Waals surface area contributed by atoms with Crippen molar-refractivity contribution in [2.24, 2.45) is 0 Å². The van der Waals surface area contributed by atoms with Gasteiger partial charge in [-0.05, 0) is 36.5 Å². The molecule has 0 saturated heterocycles. The van der Waals surface area contributed by atoms with E-state index in [-0.39, 0.29) is 39.7 Å². The van der Waals surface area contributed by atoms with Crippen LogP contribution in [0.25, 0.3) is 0 Å². The number of hydrogen-bond acceptors (Lipinski definition) is 4. The predicted octanol–water partition coefficient (Wildman–Crippen LogP) is 5.85. The predicted molar refractivity (Wildman–Crippen MR) is 125 cm³/mol. The molecule has 0 N–H and O–H groups in total. The minimum Gasteiger partial charge on any atom is -0.298 e. The normalized spacial score (nSPS) is 10.8. The third kappa shape index (κ3) is 4.22. The van der Waals surface area contributed by atoms with Crippen LogP contribution in [0, 0.1) is 0 Å². The van der Waals surface area contributed by atoms with Crippen molar-refractivity contribution >= 4 is 23.6 Å². The van der Waals surface area contributed by atoms with E-state index in [1.54, 1.807) is 48.5 Å². The largest absolute Gasteiger partial charge is 0.298 e. The quantitative estimate of drug-likeness (QED) is 0.335. The Hall–Kier alpha value is -3.66. The summed E-state index contributed by atoms with van der Waals surface area (Å²) in [5.41, 5.74) is 3.23. The minimum atomic E-state index is -0.430. The number of aryl methyl sites for hydroxylation is 1. The van der Waals surface area contributed by atoms with Crippen molar-refractivity contribution < 1.29 is 19.2 Å². The van der Waals surface area contributed by atoms with Gasteiger partial charge >= 0.3 is 0 Å². The molecule has 0 aliphatic heterocycles. The fraction of sp³-hybridized carbons (Fsp3) is 0.214. The molecule has 0 spiro atoms. The zero-order valence-electron chi connectivity index (χ0n) is 18.8. The van der Waals surface area contributed by atoms with Crippen molar-refractivity contribution in [2.45, 2.75) is 40.0 Å². The second-order valence-corrected chi connectivity index (χ2v) is 8.03. The van der Waals surface area contributed by atoms with Gasteiger partial charge in [-0.1, -0.05) is 75.4 Å². The molecule has 0 aromatic heterocycles. The first-order valence-electron chi connectivity index (χ1n) is 10.7. The standard InChI is InChI=1S/C28H26O4/c1-5-19-10-6-7-12-22(19)27(31)24-15-14-20(16-29)25(17(2)3)26(24)28(32)23-13-9-8-11-21(23)18(4)30/h6-17H,5H2,1-4H3. The maximum atomic E-state index is 13.9. The maximum absolute atomic E-state index is 13.9. The molecule has 162 valence electrons. The summed E-state index contributed by atoms with van der Waals surface area (Å²) in [7, 11) is 0. The average Bonchev–Trinajstić information content (AvgIpc) is 2.81. The van der Waals surface area contributed by atoms with E-state index >= 15 is 0 Å². The lowest BCUT2D eigenvalue weighted by molar-refractivity contribution is 0.0985. The van der Waals surface area contributed by atoms with Crippen LogP contribution in [-0.4, -0.2) is 23.6 Å². The summed E-state index contributed by atoms with van der Waals surface area (Å²) in [5.74, 6) is -1.13. The lowest BCUT2D eigenvalue weighted by Crippen LogP contribution is -2.19. The molecule has 3 aromatic carbocycles. The number of Topliss-reactive ketones (excluding diaryl/α,β-unsaturated/α-hetero) is 1. The Morgan fingerprint density at radius 3 is 1.94 bits per heavy atom. The topological polar surface area (TPSA) is 68.3 Å². The molecule has 3 rings (SSSR count). The highest BCUT2D eigenvalue weighted by molar-refractivity contribution is 6.23. The highest BCUT2D eigenvalue weighted by Crippen LogP contribution is 2.31. The first-order valence-corrected chi connectivity index (χ1v) is 10.7. The zero-order chi connectivity index (χ0) is 23.4. The van der Waals surface area contributed by atoms with Crippen LogP contribution in [0.2, 0.25) is 0 Å². The Morgan fingerprint density at radius 2 is 1.38 bits per heavy atom. The van der Waals surface area contributed by atoms with Gasteiger partial charge in [-0.15, -0.1) is 0 Å². The van der Waals surface area contributed by atoms with Gasteiger partial charge < -0.3 is 0 Å². The molecule has 3 aromatic rings. The van der Waals surface area contributed by atoms with E-state index in [0.717, 1.165) is 5.56 Å². The van der Waals surface area contributed by atoms with Crippen LogP contribution < -0.4 is 0 Å². The molecule has 0 unspecified atom stereocenters. The van der Waals surface area contributed by atoms with Crippen LogP contribution in [-0.2, 0) is 6.42 Å². The van der Waals surface area contributed by atoms with Crippen LogP contribution >= 0.6 is 0 Å². The molecule has 0 amide bonds. The Kier molecular flexibility index (Phi) is 6.94. The molecule has 0 aliphatic carbocycles. The molecule has 0 heterocycles. The number of carbonyl (C=O) groups excluding carboxylic acids is 4. The smallest absolute Gasteiger partial charge is 0.194 e. The summed E-state index contributed by atoms with van der Waals surface area (Å²) in [4.78, 5) is 51.5. The van der Waals surface area contributed by atoms with Crippen molar-refractivity contribution in [1.29, 1.82) is 0 Å². The molecule has 4 heteroatoms. The van der Waals surface area contributed by atoms with Gasteiger partial charge in [0.05, 0.1) is 0 Å². The van der Waals surface area contributed by atoms with Gasteiger partial charge in [0.25, 0.3) is 0 Å². The Balaban J connectivity index is 2.35. The van der Waals surface area contributed by atoms with E-state index < -0.39 is 5.78 Å². The third-order valence-electron chi connectivity index (χ3n) is 5.65. The fourth-order valence-electron chi connectivity index (χ4n) is 4.11. The van der Waals surface area contributed by atoms with Crippen molar-refractivity contribution in [1.82, 2.24) is 0 Å². The molecule has 0 atom stereocenters. The number of rotatable bonds is 8. The van der Waals surface area contributed by atoms with Gasteiger partial charge in [0.2, 0.25) is 0 Å². The van der Waals surface area contributed by atoms with Crippen molar-refractivity contribution in [2.75, 3.05) is 0 Å². The molecule has 0 saturated carbocycles. The van der Waals surface area contributed by atoms with Gasteiger partial charge in [-0.2, -0.15) is 0 Å². The summed E-state index contributed by atoms with van der Waals surface area (Å²) in [6.45, 7) is 7.13. The van der Waals surface area contributed by atoms with Crippen LogP contribution in [0.15, 0.2) is 60.7 Å². The number of aldehydes is 1. The fourth-order valence-corrected chi connectivity index (χ4v) is 4.11. The molecule has 4 nitrogen and oxygen atoms in total. The number of carbonyl (C=O) groups is 4. The first kappa shape index (κ1) is 23.0. The van der Waals surface area contributed by atoms with Crippen molar-refractivity contribution in [3.05, 3.63) is 105 Å². The van der Waals surface area contributed by atoms with Gasteiger partial charge in [-0.25, -0.2) is 0 Å². The van der Waals surface area contributed by atoms with Crippen LogP contribution in [0.1, 0.15) is 97.3 Å². The molecule has 0 fully saturated rings. The molecule has 32 heavy (non-hydrogen) atoms. The summed E-state index contributed by atoms with van der Waals surface area (Å²) >= 11 is 0. The average molecular weight is 427 g/mol. The molecular formula is C28H26O4. The second kappa shape index (κ2) is 9.65. The van der Waals surface area contributed by atoms with E-state index in [0.29, 0.717) is 29.4 Å². The van der Waals surface area contributed by atoms with Gasteiger partial charge in [-0.3, -0.25) is 19.2 Å². The van der Waals surface area contributed by atoms with Gasteiger partial charge in [0, 0.05) is 33.4 Å². The minimum absolute atomic E-state index is 0.187. The summed E-state index contributed by atoms with van der Waals surface area (Å²) in [6, 6.07) is 17.0. The van der Waals surface area contributed by atoms with Crippen LogP contribution in [0.4, 0.5) is 0 Å². The summed E-state index contributed by atoms with van der Waals surface area (Å²) in [5, 5.41) is 0. The van der Waals surface area contributed by atoms with Gasteiger partial charge in [0.1, 0.15) is 6.29 Å². The number of benzene rings is 3. The van der Waals surface area contributed by atoms with E-state index in [1.165, 1.54) is 6.92 Å². The van der Waals surface area contributed by atoms with Crippen molar-refractivity contribution in [3.8, 4) is 0 Å². The van der Waals surface area contributed by atoms with Gasteiger partial charge in [0.15, 0.2) is 17.3 Å². The highest BCUT2D eigenvalue weighted by atomic mass is 16.1. The van der Waals surface area contributed by atoms with Crippen LogP contribution in [0.5, 0.6) is 0 Å². The number of ketones is 3. The van der Waals surface area contributed by atoms with E-state index in [1.807, 2.05) is 32.9 Å². The summed E-state index contributed by atoms with van der Waals surface area (Å²) in [6.07, 6.45) is 1.37. The van der Waals surface area contributed by atoms with Crippen LogP contribution in [0.3, 0.4) is 0 Å². The molecule has 0 bridgehead atoms. The Labute approximate surface area is 188 Å². The van der Waals surface area contributed by atoms with Crippen molar-refractivity contribution in [3.63, 3.8) is 0 Å². The highest BCUT2D eigenvalue weighted by Gasteiger charge is 2.28. The zero-order valence-corrected chi connectivity index (χ0v) is 18.8. The lowest BCUT2D eigenvalue weighted by Gasteiger charge is -2.19. The molecule has 0 radical (unpaired) electrons.